The minimum absolute atomic E-state index is 0.138. The van der Waals surface area contributed by atoms with Crippen molar-refractivity contribution in [2.24, 2.45) is 11.1 Å². The van der Waals surface area contributed by atoms with Crippen LogP contribution in [0.15, 0.2) is 23.0 Å². The summed E-state index contributed by atoms with van der Waals surface area (Å²) in [5.41, 5.74) is 5.89. The lowest BCUT2D eigenvalue weighted by atomic mass is 9.87. The third-order valence-corrected chi connectivity index (χ3v) is 2.41. The molecule has 2 rings (SSSR count). The highest BCUT2D eigenvalue weighted by molar-refractivity contribution is 5.40. The van der Waals surface area contributed by atoms with Crippen LogP contribution in [0, 0.1) is 5.41 Å². The summed E-state index contributed by atoms with van der Waals surface area (Å²) in [5.74, 6) is 1.20. The number of nitrogens with two attached hydrogens (primary N) is 1. The molecule has 90 valence electrons. The van der Waals surface area contributed by atoms with E-state index in [4.69, 9.17) is 10.3 Å². The molecule has 1 atom stereocenters. The van der Waals surface area contributed by atoms with Gasteiger partial charge in [-0.15, -0.1) is 0 Å². The van der Waals surface area contributed by atoms with Gasteiger partial charge in [0.15, 0.2) is 0 Å². The zero-order valence-corrected chi connectivity index (χ0v) is 10.1. The van der Waals surface area contributed by atoms with Crippen molar-refractivity contribution in [3.8, 4) is 11.6 Å². The Bertz CT molecular complexity index is 488. The largest absolute Gasteiger partial charge is 0.337 e. The Kier molecular flexibility index (Phi) is 2.89. The fraction of sp³-hybridized carbons (Fsp3) is 0.455. The lowest BCUT2D eigenvalue weighted by molar-refractivity contribution is 0.253. The summed E-state index contributed by atoms with van der Waals surface area (Å²) >= 11 is 0. The van der Waals surface area contributed by atoms with E-state index in [9.17, 15) is 0 Å². The van der Waals surface area contributed by atoms with Crippen molar-refractivity contribution in [2.75, 3.05) is 0 Å². The highest BCUT2D eigenvalue weighted by atomic mass is 16.5. The van der Waals surface area contributed by atoms with Crippen molar-refractivity contribution in [3.05, 3.63) is 24.4 Å². The maximum Gasteiger partial charge on any atom is 0.244 e. The topological polar surface area (TPSA) is 90.7 Å². The molecule has 0 saturated heterocycles. The number of aromatic nitrogens is 4. The van der Waals surface area contributed by atoms with E-state index in [1.54, 1.807) is 18.5 Å². The summed E-state index contributed by atoms with van der Waals surface area (Å²) in [6.45, 7) is 6.04. The van der Waals surface area contributed by atoms with Crippen molar-refractivity contribution in [1.82, 2.24) is 20.1 Å². The summed E-state index contributed by atoms with van der Waals surface area (Å²) in [6.07, 6.45) is 3.25. The first-order valence-electron chi connectivity index (χ1n) is 5.35. The molecule has 6 nitrogen and oxygen atoms in total. The summed E-state index contributed by atoms with van der Waals surface area (Å²) in [7, 11) is 0. The van der Waals surface area contributed by atoms with Crippen LogP contribution in [-0.2, 0) is 0 Å². The Morgan fingerprint density at radius 1 is 1.18 bits per heavy atom. The smallest absolute Gasteiger partial charge is 0.244 e. The van der Waals surface area contributed by atoms with Crippen molar-refractivity contribution in [1.29, 1.82) is 0 Å². The van der Waals surface area contributed by atoms with E-state index >= 15 is 0 Å². The molecule has 0 aliphatic heterocycles. The molecule has 0 saturated carbocycles. The first kappa shape index (κ1) is 11.7. The standard InChI is InChI=1S/C11H15N5O/c1-11(2,3)7(12)10-15-9(16-17-10)8-13-5-4-6-14-8/h4-7H,12H2,1-3H3. The Morgan fingerprint density at radius 3 is 2.41 bits per heavy atom. The molecule has 0 bridgehead atoms. The van der Waals surface area contributed by atoms with Gasteiger partial charge in [0.2, 0.25) is 17.5 Å². The van der Waals surface area contributed by atoms with Crippen LogP contribution in [0.4, 0.5) is 0 Å². The van der Waals surface area contributed by atoms with Gasteiger partial charge < -0.3 is 10.3 Å². The molecule has 0 amide bonds. The Morgan fingerprint density at radius 2 is 1.82 bits per heavy atom. The van der Waals surface area contributed by atoms with Gasteiger partial charge in [-0.2, -0.15) is 4.98 Å². The van der Waals surface area contributed by atoms with Gasteiger partial charge in [-0.25, -0.2) is 9.97 Å². The third-order valence-electron chi connectivity index (χ3n) is 2.41. The molecule has 1 unspecified atom stereocenters. The van der Waals surface area contributed by atoms with E-state index in [0.29, 0.717) is 17.5 Å². The van der Waals surface area contributed by atoms with Gasteiger partial charge in [0.05, 0.1) is 6.04 Å². The molecule has 2 heterocycles. The average Bonchev–Trinajstić information content (AvgIpc) is 2.77. The number of rotatable bonds is 2. The second-order valence-corrected chi connectivity index (χ2v) is 4.87. The van der Waals surface area contributed by atoms with Gasteiger partial charge in [0.1, 0.15) is 0 Å². The van der Waals surface area contributed by atoms with Gasteiger partial charge in [0, 0.05) is 12.4 Å². The molecule has 2 N–H and O–H groups in total. The molecule has 0 spiro atoms. The molecular weight excluding hydrogens is 218 g/mol. The monoisotopic (exact) mass is 233 g/mol. The zero-order valence-electron chi connectivity index (χ0n) is 10.1. The van der Waals surface area contributed by atoms with Crippen LogP contribution in [0.3, 0.4) is 0 Å². The van der Waals surface area contributed by atoms with E-state index in [1.807, 2.05) is 20.8 Å². The quantitative estimate of drug-likeness (QED) is 0.846. The third kappa shape index (κ3) is 2.47. The molecule has 0 aliphatic rings. The van der Waals surface area contributed by atoms with Crippen molar-refractivity contribution < 1.29 is 4.52 Å². The molecule has 6 heteroatoms. The summed E-state index contributed by atoms with van der Waals surface area (Å²) < 4.78 is 5.14. The summed E-state index contributed by atoms with van der Waals surface area (Å²) in [4.78, 5) is 12.3. The number of nitrogens with zero attached hydrogens (tertiary/aromatic N) is 4. The van der Waals surface area contributed by atoms with Gasteiger partial charge in [-0.1, -0.05) is 25.9 Å². The van der Waals surface area contributed by atoms with Crippen molar-refractivity contribution in [3.63, 3.8) is 0 Å². The second-order valence-electron chi connectivity index (χ2n) is 4.87. The van der Waals surface area contributed by atoms with Gasteiger partial charge in [-0.05, 0) is 11.5 Å². The predicted molar refractivity (Wildman–Crippen MR) is 61.7 cm³/mol. The Hall–Kier alpha value is -1.82. The number of hydrogen-bond donors (Lipinski definition) is 1. The Labute approximate surface area is 99.3 Å². The molecular formula is C11H15N5O. The maximum absolute atomic E-state index is 6.03. The molecule has 2 aromatic rings. The molecule has 0 radical (unpaired) electrons. The second kappa shape index (κ2) is 4.21. The SMILES string of the molecule is CC(C)(C)C(N)c1nc(-c2ncccn2)no1. The average molecular weight is 233 g/mol. The molecule has 0 aromatic carbocycles. The molecule has 0 aliphatic carbocycles. The van der Waals surface area contributed by atoms with E-state index in [2.05, 4.69) is 20.1 Å². The normalized spacial score (nSPS) is 13.6. The van der Waals surface area contributed by atoms with Crippen molar-refractivity contribution >= 4 is 0 Å². The van der Waals surface area contributed by atoms with Crippen LogP contribution in [0.2, 0.25) is 0 Å². The van der Waals surface area contributed by atoms with Gasteiger partial charge in [-0.3, -0.25) is 0 Å². The lowest BCUT2D eigenvalue weighted by Gasteiger charge is -2.23. The Balaban J connectivity index is 2.28. The van der Waals surface area contributed by atoms with Crippen molar-refractivity contribution in [2.45, 2.75) is 26.8 Å². The number of hydrogen-bond acceptors (Lipinski definition) is 6. The van der Waals surface area contributed by atoms with Crippen LogP contribution in [-0.4, -0.2) is 20.1 Å². The first-order chi connectivity index (χ1) is 7.98. The lowest BCUT2D eigenvalue weighted by Crippen LogP contribution is -2.26. The van der Waals surface area contributed by atoms with Crippen LogP contribution in [0.25, 0.3) is 11.6 Å². The zero-order chi connectivity index (χ0) is 12.5. The first-order valence-corrected chi connectivity index (χ1v) is 5.35. The highest BCUT2D eigenvalue weighted by Crippen LogP contribution is 2.29. The van der Waals surface area contributed by atoms with Gasteiger partial charge >= 0.3 is 0 Å². The minimum Gasteiger partial charge on any atom is -0.337 e. The maximum atomic E-state index is 6.03. The molecule has 0 fully saturated rings. The van der Waals surface area contributed by atoms with E-state index in [1.165, 1.54) is 0 Å². The summed E-state index contributed by atoms with van der Waals surface area (Å²) in [5, 5.41) is 3.83. The summed E-state index contributed by atoms with van der Waals surface area (Å²) in [6, 6.07) is 1.42. The fourth-order valence-corrected chi connectivity index (χ4v) is 1.24. The van der Waals surface area contributed by atoms with Gasteiger partial charge in [0.25, 0.3) is 0 Å². The molecule has 2 aromatic heterocycles. The van der Waals surface area contributed by atoms with Crippen LogP contribution >= 0.6 is 0 Å². The minimum atomic E-state index is -0.313. The van der Waals surface area contributed by atoms with E-state index in [0.717, 1.165) is 0 Å². The fourth-order valence-electron chi connectivity index (χ4n) is 1.24. The van der Waals surface area contributed by atoms with Crippen LogP contribution < -0.4 is 5.73 Å². The molecule has 17 heavy (non-hydrogen) atoms. The van der Waals surface area contributed by atoms with Crippen LogP contribution in [0.5, 0.6) is 0 Å². The van der Waals surface area contributed by atoms with E-state index in [-0.39, 0.29) is 11.5 Å². The highest BCUT2D eigenvalue weighted by Gasteiger charge is 2.28. The van der Waals surface area contributed by atoms with Crippen LogP contribution in [0.1, 0.15) is 32.7 Å². The van der Waals surface area contributed by atoms with E-state index < -0.39 is 0 Å². The predicted octanol–water partition coefficient (Wildman–Crippen LogP) is 1.57.